The molecule has 2 fully saturated rings. The zero-order valence-electron chi connectivity index (χ0n) is 14.6. The molecule has 2 atom stereocenters. The van der Waals surface area contributed by atoms with Gasteiger partial charge in [-0.15, -0.1) is 11.8 Å². The molecule has 0 unspecified atom stereocenters. The molecule has 0 bridgehead atoms. The Balaban J connectivity index is 1.67. The minimum atomic E-state index is -0.431. The Morgan fingerprint density at radius 1 is 1.32 bits per heavy atom. The predicted octanol–water partition coefficient (Wildman–Crippen LogP) is 4.00. The van der Waals surface area contributed by atoms with Gasteiger partial charge in [-0.1, -0.05) is 23.7 Å². The number of nitro benzene ring substituents is 1. The Morgan fingerprint density at radius 2 is 2.11 bits per heavy atom. The number of carbonyl (C=O) groups excluding carboxylic acids is 1. The number of anilines is 1. The molecule has 0 saturated carbocycles. The van der Waals surface area contributed by atoms with Crippen LogP contribution in [0.5, 0.6) is 5.75 Å². The Hall–Kier alpha value is -2.36. The molecule has 0 radical (unpaired) electrons. The van der Waals surface area contributed by atoms with Crippen molar-refractivity contribution < 1.29 is 14.5 Å². The first kappa shape index (κ1) is 19.0. The number of ether oxygens (including phenoxy) is 1. The molecule has 0 aromatic heterocycles. The van der Waals surface area contributed by atoms with Crippen LogP contribution in [0.2, 0.25) is 5.02 Å². The van der Waals surface area contributed by atoms with Crippen molar-refractivity contribution in [2.45, 2.75) is 11.4 Å². The molecule has 10 heteroatoms. The maximum atomic E-state index is 13.0. The van der Waals surface area contributed by atoms with Gasteiger partial charge in [-0.25, -0.2) is 0 Å². The van der Waals surface area contributed by atoms with Gasteiger partial charge in [0.2, 0.25) is 0 Å². The summed E-state index contributed by atoms with van der Waals surface area (Å²) < 4.78 is 5.16. The van der Waals surface area contributed by atoms with Crippen LogP contribution >= 0.6 is 35.6 Å². The minimum Gasteiger partial charge on any atom is -0.495 e. The lowest BCUT2D eigenvalue weighted by Gasteiger charge is -2.25. The summed E-state index contributed by atoms with van der Waals surface area (Å²) in [7, 11) is 1.52. The fraction of sp³-hybridized carbons (Fsp3) is 0.222. The molecule has 0 spiro atoms. The van der Waals surface area contributed by atoms with Crippen LogP contribution in [0.15, 0.2) is 42.5 Å². The van der Waals surface area contributed by atoms with Gasteiger partial charge >= 0.3 is 0 Å². The third-order valence-corrected chi connectivity index (χ3v) is 6.69. The summed E-state index contributed by atoms with van der Waals surface area (Å²) in [5, 5.41) is 11.6. The largest absolute Gasteiger partial charge is 0.495 e. The van der Waals surface area contributed by atoms with E-state index in [0.29, 0.717) is 27.3 Å². The third-order valence-electron chi connectivity index (χ3n) is 4.68. The van der Waals surface area contributed by atoms with E-state index in [0.717, 1.165) is 5.56 Å². The Kier molecular flexibility index (Phi) is 4.90. The van der Waals surface area contributed by atoms with Crippen LogP contribution in [0, 0.1) is 10.1 Å². The van der Waals surface area contributed by atoms with Crippen molar-refractivity contribution in [3.8, 4) is 5.75 Å². The van der Waals surface area contributed by atoms with E-state index in [1.165, 1.54) is 24.1 Å². The minimum absolute atomic E-state index is 0.0109. The third kappa shape index (κ3) is 2.99. The average Bonchev–Trinajstić information content (AvgIpc) is 3.22. The maximum absolute atomic E-state index is 13.0. The van der Waals surface area contributed by atoms with E-state index in [1.54, 1.807) is 36.0 Å². The van der Waals surface area contributed by atoms with Crippen LogP contribution in [0.3, 0.4) is 0 Å². The highest BCUT2D eigenvalue weighted by atomic mass is 35.5. The number of thioether (sulfide) groups is 1. The van der Waals surface area contributed by atoms with E-state index >= 15 is 0 Å². The molecule has 2 aliphatic rings. The van der Waals surface area contributed by atoms with Crippen molar-refractivity contribution in [3.05, 3.63) is 63.2 Å². The quantitative estimate of drug-likeness (QED) is 0.408. The van der Waals surface area contributed by atoms with Gasteiger partial charge in [0.05, 0.1) is 22.7 Å². The van der Waals surface area contributed by atoms with Crippen LogP contribution in [-0.2, 0) is 4.79 Å². The summed E-state index contributed by atoms with van der Waals surface area (Å²) in [6, 6.07) is 11.1. The van der Waals surface area contributed by atoms with Gasteiger partial charge in [-0.05, 0) is 36.0 Å². The lowest BCUT2D eigenvalue weighted by molar-refractivity contribution is -0.384. The molecular weight excluding hydrogens is 422 g/mol. The predicted molar refractivity (Wildman–Crippen MR) is 112 cm³/mol. The number of halogens is 1. The fourth-order valence-corrected chi connectivity index (χ4v) is 5.53. The smallest absolute Gasteiger partial charge is 0.269 e. The molecule has 0 aliphatic carbocycles. The van der Waals surface area contributed by atoms with Crippen molar-refractivity contribution in [3.63, 3.8) is 0 Å². The van der Waals surface area contributed by atoms with Crippen LogP contribution in [0.1, 0.15) is 10.9 Å². The molecule has 28 heavy (non-hydrogen) atoms. The number of benzene rings is 2. The van der Waals surface area contributed by atoms with Gasteiger partial charge in [-0.3, -0.25) is 19.8 Å². The maximum Gasteiger partial charge on any atom is 0.269 e. The van der Waals surface area contributed by atoms with Crippen LogP contribution in [0.4, 0.5) is 11.4 Å². The molecule has 7 nitrogen and oxygen atoms in total. The van der Waals surface area contributed by atoms with Crippen molar-refractivity contribution >= 4 is 58.0 Å². The van der Waals surface area contributed by atoms with Gasteiger partial charge in [0.15, 0.2) is 5.11 Å². The average molecular weight is 436 g/mol. The molecule has 4 rings (SSSR count). The zero-order chi connectivity index (χ0) is 20.0. The second-order valence-electron chi connectivity index (χ2n) is 6.24. The van der Waals surface area contributed by atoms with Crippen molar-refractivity contribution in [1.29, 1.82) is 0 Å². The topological polar surface area (TPSA) is 75.9 Å². The Labute approximate surface area is 175 Å². The Bertz CT molecular complexity index is 1000. The number of hydrogen-bond donors (Lipinski definition) is 0. The van der Waals surface area contributed by atoms with Crippen molar-refractivity contribution in [1.82, 2.24) is 4.90 Å². The number of thiocarbonyl (C=S) groups is 1. The summed E-state index contributed by atoms with van der Waals surface area (Å²) in [6.07, 6.45) is 0. The number of fused-ring (bicyclic) bond motifs is 1. The number of rotatable bonds is 4. The Morgan fingerprint density at radius 3 is 2.79 bits per heavy atom. The van der Waals surface area contributed by atoms with E-state index in [4.69, 9.17) is 28.6 Å². The van der Waals surface area contributed by atoms with Crippen LogP contribution in [0.25, 0.3) is 0 Å². The molecular formula is C18H14ClN3O4S2. The van der Waals surface area contributed by atoms with Gasteiger partial charge in [0, 0.05) is 17.9 Å². The highest BCUT2D eigenvalue weighted by Crippen LogP contribution is 2.47. The van der Waals surface area contributed by atoms with E-state index in [1.807, 2.05) is 11.0 Å². The van der Waals surface area contributed by atoms with Gasteiger partial charge in [0.25, 0.3) is 11.6 Å². The summed E-state index contributed by atoms with van der Waals surface area (Å²) in [5.41, 5.74) is 1.32. The van der Waals surface area contributed by atoms with E-state index in [-0.39, 0.29) is 17.0 Å². The molecule has 2 aromatic rings. The van der Waals surface area contributed by atoms with E-state index in [9.17, 15) is 14.9 Å². The number of hydrogen-bond acceptors (Lipinski definition) is 6. The first-order valence-electron chi connectivity index (χ1n) is 8.28. The van der Waals surface area contributed by atoms with Gasteiger partial charge in [-0.2, -0.15) is 0 Å². The zero-order valence-corrected chi connectivity index (χ0v) is 17.0. The van der Waals surface area contributed by atoms with E-state index < -0.39 is 11.0 Å². The molecule has 2 aliphatic heterocycles. The highest BCUT2D eigenvalue weighted by Gasteiger charge is 2.51. The van der Waals surface area contributed by atoms with Gasteiger partial charge in [0.1, 0.15) is 17.2 Å². The first-order valence-corrected chi connectivity index (χ1v) is 10.1. The molecule has 1 amide bonds. The normalized spacial score (nSPS) is 21.2. The lowest BCUT2D eigenvalue weighted by atomic mass is 10.1. The number of non-ortho nitro benzene ring substituents is 1. The van der Waals surface area contributed by atoms with E-state index in [2.05, 4.69) is 0 Å². The van der Waals surface area contributed by atoms with Crippen LogP contribution < -0.4 is 9.64 Å². The summed E-state index contributed by atoms with van der Waals surface area (Å²) in [4.78, 5) is 27.0. The number of nitro groups is 1. The summed E-state index contributed by atoms with van der Waals surface area (Å²) in [5.74, 6) is 0.923. The van der Waals surface area contributed by atoms with Gasteiger partial charge < -0.3 is 9.64 Å². The number of methoxy groups -OCH3 is 1. The van der Waals surface area contributed by atoms with Crippen molar-refractivity contribution in [2.24, 2.45) is 0 Å². The first-order chi connectivity index (χ1) is 13.4. The number of amides is 1. The van der Waals surface area contributed by atoms with Crippen LogP contribution in [-0.4, -0.2) is 39.7 Å². The molecule has 0 N–H and O–H groups in total. The molecule has 2 aromatic carbocycles. The summed E-state index contributed by atoms with van der Waals surface area (Å²) in [6.45, 7) is 0. The highest BCUT2D eigenvalue weighted by molar-refractivity contribution is 7.99. The standard InChI is InChI=1S/C18H14ClN3O4S2/c1-26-15-6-5-11(8-13(15)19)20-16(23)14-9-28-17(21(14)18(20)27)10-3-2-4-12(7-10)22(24)25/h2-8,14,17H,9H2,1H3/t14-,17-/m0/s1. The molecule has 2 heterocycles. The van der Waals surface area contributed by atoms with Crippen molar-refractivity contribution in [2.75, 3.05) is 17.8 Å². The second-order valence-corrected chi connectivity index (χ2v) is 8.12. The molecule has 144 valence electrons. The summed E-state index contributed by atoms with van der Waals surface area (Å²) >= 11 is 13.4. The second kappa shape index (κ2) is 7.23. The number of carbonyl (C=O) groups is 1. The monoisotopic (exact) mass is 435 g/mol. The SMILES string of the molecule is COc1ccc(N2C(=O)[C@@H]3CS[C@@H](c4cccc([N+](=O)[O-])c4)N3C2=S)cc1Cl. The molecule has 2 saturated heterocycles. The fourth-order valence-electron chi connectivity index (χ4n) is 3.37. The number of nitrogens with zero attached hydrogens (tertiary/aromatic N) is 3. The lowest BCUT2D eigenvalue weighted by Crippen LogP contribution is -2.33.